The van der Waals surface area contributed by atoms with Gasteiger partial charge >= 0.3 is 5.56 Å². The molecule has 2 aromatic carbocycles. The SMILES string of the molecule is CCOc1ccc(-n2ccn3c(CC(C)CC(=O)Nc4cccc(F)c4)nnc3c2=O)cc1. The molecule has 0 radical (unpaired) electrons. The van der Waals surface area contributed by atoms with Gasteiger partial charge in [-0.05, 0) is 55.3 Å². The molecule has 0 aliphatic heterocycles. The Hall–Kier alpha value is -4.01. The first-order valence-electron chi connectivity index (χ1n) is 10.7. The molecular weight excluding hydrogens is 425 g/mol. The molecule has 0 saturated heterocycles. The van der Waals surface area contributed by atoms with Crippen molar-refractivity contribution in [3.05, 3.63) is 82.9 Å². The molecule has 0 bridgehead atoms. The van der Waals surface area contributed by atoms with Gasteiger partial charge in [-0.15, -0.1) is 10.2 Å². The van der Waals surface area contributed by atoms with Crippen molar-refractivity contribution in [2.24, 2.45) is 5.92 Å². The van der Waals surface area contributed by atoms with Gasteiger partial charge in [-0.1, -0.05) is 13.0 Å². The summed E-state index contributed by atoms with van der Waals surface area (Å²) in [6, 6.07) is 13.0. The first-order valence-corrected chi connectivity index (χ1v) is 10.7. The van der Waals surface area contributed by atoms with E-state index >= 15 is 0 Å². The summed E-state index contributed by atoms with van der Waals surface area (Å²) in [6.07, 6.45) is 4.07. The molecule has 1 unspecified atom stereocenters. The number of anilines is 1. The summed E-state index contributed by atoms with van der Waals surface area (Å²) in [5, 5.41) is 10.9. The third-order valence-electron chi connectivity index (χ3n) is 5.14. The average Bonchev–Trinajstić information content (AvgIpc) is 3.18. The second-order valence-electron chi connectivity index (χ2n) is 7.78. The van der Waals surface area contributed by atoms with Crippen LogP contribution in [-0.4, -0.2) is 31.7 Å². The molecule has 9 heteroatoms. The highest BCUT2D eigenvalue weighted by atomic mass is 19.1. The van der Waals surface area contributed by atoms with Crippen LogP contribution in [0.3, 0.4) is 0 Å². The molecule has 2 heterocycles. The van der Waals surface area contributed by atoms with Gasteiger partial charge in [0.25, 0.3) is 0 Å². The van der Waals surface area contributed by atoms with Crippen molar-refractivity contribution in [1.82, 2.24) is 19.2 Å². The molecule has 1 atom stereocenters. The molecule has 4 rings (SSSR count). The Kier molecular flexibility index (Phi) is 6.48. The highest BCUT2D eigenvalue weighted by molar-refractivity contribution is 5.90. The fourth-order valence-electron chi connectivity index (χ4n) is 3.63. The minimum atomic E-state index is -0.410. The fraction of sp³-hybridized carbons (Fsp3) is 0.250. The van der Waals surface area contributed by atoms with Crippen LogP contribution in [0.1, 0.15) is 26.1 Å². The van der Waals surface area contributed by atoms with Crippen molar-refractivity contribution < 1.29 is 13.9 Å². The second kappa shape index (κ2) is 9.64. The smallest absolute Gasteiger partial charge is 0.300 e. The molecule has 0 aliphatic carbocycles. The Morgan fingerprint density at radius 3 is 2.67 bits per heavy atom. The molecule has 1 N–H and O–H groups in total. The van der Waals surface area contributed by atoms with Crippen molar-refractivity contribution in [3.8, 4) is 11.4 Å². The van der Waals surface area contributed by atoms with E-state index in [-0.39, 0.29) is 29.5 Å². The normalized spacial score (nSPS) is 12.0. The summed E-state index contributed by atoms with van der Waals surface area (Å²) in [6.45, 7) is 4.39. The molecule has 170 valence electrons. The van der Waals surface area contributed by atoms with E-state index in [1.54, 1.807) is 47.1 Å². The number of nitrogens with one attached hydrogen (secondary N) is 1. The molecule has 0 fully saturated rings. The zero-order valence-corrected chi connectivity index (χ0v) is 18.4. The molecular formula is C24H24FN5O3. The zero-order chi connectivity index (χ0) is 23.4. The van der Waals surface area contributed by atoms with Gasteiger partial charge in [0.2, 0.25) is 11.6 Å². The number of amides is 1. The van der Waals surface area contributed by atoms with E-state index in [2.05, 4.69) is 15.5 Å². The number of halogens is 1. The van der Waals surface area contributed by atoms with E-state index in [4.69, 9.17) is 4.74 Å². The number of hydrogen-bond acceptors (Lipinski definition) is 5. The molecule has 2 aromatic heterocycles. The molecule has 0 saturated carbocycles. The van der Waals surface area contributed by atoms with Crippen molar-refractivity contribution in [3.63, 3.8) is 0 Å². The van der Waals surface area contributed by atoms with Gasteiger partial charge in [-0.3, -0.25) is 18.6 Å². The van der Waals surface area contributed by atoms with E-state index in [0.717, 1.165) is 5.75 Å². The lowest BCUT2D eigenvalue weighted by Gasteiger charge is -2.11. The highest BCUT2D eigenvalue weighted by Gasteiger charge is 2.16. The third kappa shape index (κ3) is 5.08. The van der Waals surface area contributed by atoms with Gasteiger partial charge in [0.05, 0.1) is 6.61 Å². The lowest BCUT2D eigenvalue weighted by molar-refractivity contribution is -0.116. The lowest BCUT2D eigenvalue weighted by Crippen LogP contribution is -2.21. The van der Waals surface area contributed by atoms with Crippen LogP contribution < -0.4 is 15.6 Å². The number of nitrogens with zero attached hydrogens (tertiary/aromatic N) is 4. The van der Waals surface area contributed by atoms with Crippen LogP contribution in [0.4, 0.5) is 10.1 Å². The highest BCUT2D eigenvalue weighted by Crippen LogP contribution is 2.16. The monoisotopic (exact) mass is 449 g/mol. The maximum absolute atomic E-state index is 13.3. The molecule has 33 heavy (non-hydrogen) atoms. The Bertz CT molecular complexity index is 1330. The predicted molar refractivity (Wildman–Crippen MR) is 122 cm³/mol. The van der Waals surface area contributed by atoms with E-state index in [1.807, 2.05) is 13.8 Å². The van der Waals surface area contributed by atoms with Crippen molar-refractivity contribution in [1.29, 1.82) is 0 Å². The van der Waals surface area contributed by atoms with Crippen LogP contribution in [-0.2, 0) is 11.2 Å². The number of fused-ring (bicyclic) bond motifs is 1. The number of rotatable bonds is 8. The molecule has 4 aromatic rings. The topological polar surface area (TPSA) is 90.5 Å². The maximum atomic E-state index is 13.3. The number of ether oxygens (including phenoxy) is 1. The first kappa shape index (κ1) is 22.2. The molecule has 0 spiro atoms. The number of carbonyl (C=O) groups excluding carboxylic acids is 1. The first-order chi connectivity index (χ1) is 15.9. The Morgan fingerprint density at radius 1 is 1.15 bits per heavy atom. The number of aromatic nitrogens is 4. The number of carbonyl (C=O) groups is 1. The van der Waals surface area contributed by atoms with Gasteiger partial charge in [-0.2, -0.15) is 0 Å². The fourth-order valence-corrected chi connectivity index (χ4v) is 3.63. The largest absolute Gasteiger partial charge is 0.494 e. The molecule has 1 amide bonds. The standard InChI is InChI=1S/C24H24FN5O3/c1-3-33-20-9-7-19(8-10-20)29-11-12-30-21(27-28-23(30)24(29)32)13-16(2)14-22(31)26-18-6-4-5-17(25)15-18/h4-12,15-16H,3,13-14H2,1-2H3,(H,26,31). The maximum Gasteiger partial charge on any atom is 0.300 e. The summed E-state index contributed by atoms with van der Waals surface area (Å²) in [5.74, 6) is 0.619. The molecule has 0 aliphatic rings. The van der Waals surface area contributed by atoms with Crippen molar-refractivity contribution in [2.45, 2.75) is 26.7 Å². The Morgan fingerprint density at radius 2 is 1.94 bits per heavy atom. The second-order valence-corrected chi connectivity index (χ2v) is 7.78. The van der Waals surface area contributed by atoms with Crippen LogP contribution >= 0.6 is 0 Å². The van der Waals surface area contributed by atoms with Gasteiger partial charge in [0.15, 0.2) is 0 Å². The van der Waals surface area contributed by atoms with Gasteiger partial charge < -0.3 is 10.1 Å². The van der Waals surface area contributed by atoms with Gasteiger partial charge in [0.1, 0.15) is 17.4 Å². The lowest BCUT2D eigenvalue weighted by atomic mass is 10.0. The summed E-state index contributed by atoms with van der Waals surface area (Å²) >= 11 is 0. The van der Waals surface area contributed by atoms with Gasteiger partial charge in [0, 0.05) is 36.6 Å². The summed E-state index contributed by atoms with van der Waals surface area (Å²) in [4.78, 5) is 25.3. The number of hydrogen-bond donors (Lipinski definition) is 1. The van der Waals surface area contributed by atoms with Crippen molar-refractivity contribution >= 4 is 17.2 Å². The zero-order valence-electron chi connectivity index (χ0n) is 18.4. The quantitative estimate of drug-likeness (QED) is 0.444. The van der Waals surface area contributed by atoms with Crippen LogP contribution in [0.15, 0.2) is 65.7 Å². The predicted octanol–water partition coefficient (Wildman–Crippen LogP) is 3.63. The number of benzene rings is 2. The Labute approximate surface area is 189 Å². The third-order valence-corrected chi connectivity index (χ3v) is 5.14. The molecule has 8 nitrogen and oxygen atoms in total. The van der Waals surface area contributed by atoms with Crippen LogP contribution in [0, 0.1) is 11.7 Å². The van der Waals surface area contributed by atoms with Gasteiger partial charge in [-0.25, -0.2) is 4.39 Å². The van der Waals surface area contributed by atoms with Crippen LogP contribution in [0.2, 0.25) is 0 Å². The van der Waals surface area contributed by atoms with E-state index in [9.17, 15) is 14.0 Å². The van der Waals surface area contributed by atoms with E-state index < -0.39 is 5.82 Å². The van der Waals surface area contributed by atoms with Crippen molar-refractivity contribution in [2.75, 3.05) is 11.9 Å². The Balaban J connectivity index is 1.47. The summed E-state index contributed by atoms with van der Waals surface area (Å²) < 4.78 is 21.9. The summed E-state index contributed by atoms with van der Waals surface area (Å²) in [7, 11) is 0. The van der Waals surface area contributed by atoms with Crippen LogP contribution in [0.25, 0.3) is 11.3 Å². The minimum absolute atomic E-state index is 0.0699. The van der Waals surface area contributed by atoms with E-state index in [1.165, 1.54) is 22.8 Å². The van der Waals surface area contributed by atoms with E-state index in [0.29, 0.717) is 30.2 Å². The van der Waals surface area contributed by atoms with Crippen LogP contribution in [0.5, 0.6) is 5.75 Å². The average molecular weight is 449 g/mol. The summed E-state index contributed by atoms with van der Waals surface area (Å²) in [5.41, 5.74) is 1.02. The minimum Gasteiger partial charge on any atom is -0.494 e.